The minimum absolute atomic E-state index is 0.0736. The third-order valence-corrected chi connectivity index (χ3v) is 6.99. The first-order chi connectivity index (χ1) is 12.0. The lowest BCUT2D eigenvalue weighted by Gasteiger charge is -2.06. The summed E-state index contributed by atoms with van der Waals surface area (Å²) in [6, 6.07) is 7.99. The van der Waals surface area contributed by atoms with Crippen LogP contribution in [0.2, 0.25) is 0 Å². The monoisotopic (exact) mass is 373 g/mol. The SMILES string of the molecule is O=C(Nc1ncc(-c2ccc3cnccc3c2)s1)C1CCS(=O)(=O)C1. The molecule has 1 atom stereocenters. The summed E-state index contributed by atoms with van der Waals surface area (Å²) in [5, 5.41) is 5.38. The maximum atomic E-state index is 12.2. The summed E-state index contributed by atoms with van der Waals surface area (Å²) < 4.78 is 23.0. The summed E-state index contributed by atoms with van der Waals surface area (Å²) in [7, 11) is -3.07. The molecular weight excluding hydrogens is 358 g/mol. The van der Waals surface area contributed by atoms with Crippen LogP contribution in [0.15, 0.2) is 42.9 Å². The van der Waals surface area contributed by atoms with Crippen LogP contribution in [0.3, 0.4) is 0 Å². The van der Waals surface area contributed by atoms with E-state index in [2.05, 4.69) is 21.4 Å². The van der Waals surface area contributed by atoms with E-state index in [1.807, 2.05) is 24.4 Å². The molecule has 3 heterocycles. The van der Waals surface area contributed by atoms with Crippen LogP contribution in [0.5, 0.6) is 0 Å². The Labute approximate surface area is 148 Å². The molecule has 4 rings (SSSR count). The van der Waals surface area contributed by atoms with Gasteiger partial charge >= 0.3 is 0 Å². The van der Waals surface area contributed by atoms with Gasteiger partial charge in [0, 0.05) is 24.0 Å². The second-order valence-corrected chi connectivity index (χ2v) is 9.32. The van der Waals surface area contributed by atoms with Gasteiger partial charge in [0.05, 0.1) is 22.3 Å². The van der Waals surface area contributed by atoms with Gasteiger partial charge in [0.25, 0.3) is 0 Å². The molecule has 1 fully saturated rings. The van der Waals surface area contributed by atoms with Gasteiger partial charge in [-0.3, -0.25) is 9.78 Å². The number of sulfone groups is 1. The van der Waals surface area contributed by atoms with Crippen LogP contribution in [0, 0.1) is 5.92 Å². The lowest BCUT2D eigenvalue weighted by Crippen LogP contribution is -2.23. The Morgan fingerprint density at radius 1 is 1.20 bits per heavy atom. The van der Waals surface area contributed by atoms with Gasteiger partial charge < -0.3 is 5.32 Å². The summed E-state index contributed by atoms with van der Waals surface area (Å²) in [6.07, 6.45) is 5.66. The molecule has 1 aliphatic rings. The minimum Gasteiger partial charge on any atom is -0.302 e. The number of anilines is 1. The average molecular weight is 373 g/mol. The third kappa shape index (κ3) is 3.40. The first kappa shape index (κ1) is 16.2. The van der Waals surface area contributed by atoms with E-state index in [4.69, 9.17) is 0 Å². The molecule has 1 amide bonds. The quantitative estimate of drug-likeness (QED) is 0.762. The molecule has 2 aromatic heterocycles. The number of carbonyl (C=O) groups excluding carboxylic acids is 1. The highest BCUT2D eigenvalue weighted by Crippen LogP contribution is 2.31. The lowest BCUT2D eigenvalue weighted by molar-refractivity contribution is -0.119. The number of nitrogens with one attached hydrogen (secondary N) is 1. The number of carbonyl (C=O) groups is 1. The minimum atomic E-state index is -3.07. The Hall–Kier alpha value is -2.32. The number of fused-ring (bicyclic) bond motifs is 1. The smallest absolute Gasteiger partial charge is 0.230 e. The number of aromatic nitrogens is 2. The molecule has 25 heavy (non-hydrogen) atoms. The molecule has 0 bridgehead atoms. The lowest BCUT2D eigenvalue weighted by atomic mass is 10.1. The summed E-state index contributed by atoms with van der Waals surface area (Å²) in [5.41, 5.74) is 1.01. The van der Waals surface area contributed by atoms with E-state index in [0.717, 1.165) is 21.2 Å². The molecule has 8 heteroatoms. The van der Waals surface area contributed by atoms with E-state index < -0.39 is 15.8 Å². The highest BCUT2D eigenvalue weighted by Gasteiger charge is 2.33. The van der Waals surface area contributed by atoms with Gasteiger partial charge in [-0.25, -0.2) is 13.4 Å². The predicted molar refractivity (Wildman–Crippen MR) is 98.2 cm³/mol. The number of nitrogens with zero attached hydrogens (tertiary/aromatic N) is 2. The maximum absolute atomic E-state index is 12.2. The molecule has 0 radical (unpaired) electrons. The normalized spacial score (nSPS) is 19.1. The molecule has 1 unspecified atom stereocenters. The maximum Gasteiger partial charge on any atom is 0.230 e. The van der Waals surface area contributed by atoms with Crippen LogP contribution in [-0.4, -0.2) is 35.8 Å². The summed E-state index contributed by atoms with van der Waals surface area (Å²) >= 11 is 1.37. The van der Waals surface area contributed by atoms with E-state index >= 15 is 0 Å². The Morgan fingerprint density at radius 2 is 2.08 bits per heavy atom. The van der Waals surface area contributed by atoms with E-state index in [0.29, 0.717) is 11.6 Å². The van der Waals surface area contributed by atoms with E-state index in [9.17, 15) is 13.2 Å². The van der Waals surface area contributed by atoms with Gasteiger partial charge in [-0.1, -0.05) is 23.5 Å². The van der Waals surface area contributed by atoms with Crippen LogP contribution in [-0.2, 0) is 14.6 Å². The van der Waals surface area contributed by atoms with Crippen molar-refractivity contribution in [2.24, 2.45) is 5.92 Å². The predicted octanol–water partition coefficient (Wildman–Crippen LogP) is 2.73. The largest absolute Gasteiger partial charge is 0.302 e. The molecule has 0 saturated carbocycles. The van der Waals surface area contributed by atoms with Gasteiger partial charge in [-0.2, -0.15) is 0 Å². The average Bonchev–Trinajstić information content (AvgIpc) is 3.20. The molecule has 1 saturated heterocycles. The number of hydrogen-bond donors (Lipinski definition) is 1. The molecule has 1 aromatic carbocycles. The van der Waals surface area contributed by atoms with Crippen LogP contribution in [0.4, 0.5) is 5.13 Å². The van der Waals surface area contributed by atoms with Crippen molar-refractivity contribution >= 4 is 43.0 Å². The number of hydrogen-bond acceptors (Lipinski definition) is 6. The molecule has 3 aromatic rings. The van der Waals surface area contributed by atoms with Crippen molar-refractivity contribution in [1.82, 2.24) is 9.97 Å². The fraction of sp³-hybridized carbons (Fsp3) is 0.235. The van der Waals surface area contributed by atoms with E-state index in [1.165, 1.54) is 11.3 Å². The standard InChI is InChI=1S/C17H15N3O3S2/c21-16(14-4-6-25(22,23)10-14)20-17-19-9-15(24-17)12-1-2-13-8-18-5-3-11(13)7-12/h1-3,5,7-9,14H,4,6,10H2,(H,19,20,21). The van der Waals surface area contributed by atoms with E-state index in [1.54, 1.807) is 12.4 Å². The molecule has 6 nitrogen and oxygen atoms in total. The number of pyridine rings is 1. The second-order valence-electron chi connectivity index (χ2n) is 6.06. The van der Waals surface area contributed by atoms with Gasteiger partial charge in [0.2, 0.25) is 5.91 Å². The zero-order chi connectivity index (χ0) is 17.4. The number of rotatable bonds is 3. The highest BCUT2D eigenvalue weighted by molar-refractivity contribution is 7.91. The van der Waals surface area contributed by atoms with Crippen molar-refractivity contribution in [2.45, 2.75) is 6.42 Å². The number of thiazole rings is 1. The Kier molecular flexibility index (Phi) is 4.01. The van der Waals surface area contributed by atoms with Gasteiger partial charge in [0.15, 0.2) is 15.0 Å². The van der Waals surface area contributed by atoms with Crippen LogP contribution >= 0.6 is 11.3 Å². The number of benzene rings is 1. The van der Waals surface area contributed by atoms with Crippen molar-refractivity contribution < 1.29 is 13.2 Å². The zero-order valence-corrected chi connectivity index (χ0v) is 14.8. The van der Waals surface area contributed by atoms with Gasteiger partial charge in [-0.15, -0.1) is 0 Å². The molecule has 1 N–H and O–H groups in total. The van der Waals surface area contributed by atoms with Gasteiger partial charge in [-0.05, 0) is 29.5 Å². The highest BCUT2D eigenvalue weighted by atomic mass is 32.2. The summed E-state index contributed by atoms with van der Waals surface area (Å²) in [6.45, 7) is 0. The Bertz CT molecular complexity index is 1060. The van der Waals surface area contributed by atoms with Crippen molar-refractivity contribution in [3.8, 4) is 10.4 Å². The topological polar surface area (TPSA) is 89.0 Å². The van der Waals surface area contributed by atoms with Crippen molar-refractivity contribution in [2.75, 3.05) is 16.8 Å². The van der Waals surface area contributed by atoms with Crippen LogP contribution in [0.25, 0.3) is 21.2 Å². The number of amides is 1. The molecule has 0 spiro atoms. The summed E-state index contributed by atoms with van der Waals surface area (Å²) in [5.74, 6) is -0.743. The fourth-order valence-electron chi connectivity index (χ4n) is 2.91. The van der Waals surface area contributed by atoms with Crippen LogP contribution in [0.1, 0.15) is 6.42 Å². The molecule has 128 valence electrons. The van der Waals surface area contributed by atoms with Crippen molar-refractivity contribution in [3.63, 3.8) is 0 Å². The third-order valence-electron chi connectivity index (χ3n) is 4.26. The van der Waals surface area contributed by atoms with Crippen molar-refractivity contribution in [1.29, 1.82) is 0 Å². The van der Waals surface area contributed by atoms with Crippen molar-refractivity contribution in [3.05, 3.63) is 42.9 Å². The molecular formula is C17H15N3O3S2. The summed E-state index contributed by atoms with van der Waals surface area (Å²) in [4.78, 5) is 21.5. The molecule has 1 aliphatic heterocycles. The molecule has 0 aliphatic carbocycles. The second kappa shape index (κ2) is 6.20. The first-order valence-corrected chi connectivity index (χ1v) is 10.5. The first-order valence-electron chi connectivity index (χ1n) is 7.81. The van der Waals surface area contributed by atoms with E-state index in [-0.39, 0.29) is 17.4 Å². The Balaban J connectivity index is 1.52. The zero-order valence-electron chi connectivity index (χ0n) is 13.2. The van der Waals surface area contributed by atoms with Crippen LogP contribution < -0.4 is 5.32 Å². The Morgan fingerprint density at radius 3 is 2.88 bits per heavy atom. The van der Waals surface area contributed by atoms with Gasteiger partial charge in [0.1, 0.15) is 0 Å². The fourth-order valence-corrected chi connectivity index (χ4v) is 5.47.